The Balaban J connectivity index is 0.000000929. The van der Waals surface area contributed by atoms with Gasteiger partial charge in [0.2, 0.25) is 0 Å². The molecule has 1 aromatic rings. The molecule has 1 saturated heterocycles. The molecule has 3 atom stereocenters. The van der Waals surface area contributed by atoms with Gasteiger partial charge in [0.15, 0.2) is 5.75 Å². The molecule has 1 fully saturated rings. The van der Waals surface area contributed by atoms with Gasteiger partial charge in [-0.25, -0.2) is 0 Å². The number of carbonyl (C=O) groups is 2. The molecule has 0 saturated carbocycles. The summed E-state index contributed by atoms with van der Waals surface area (Å²) in [6.07, 6.45) is 13.5. The number of hydroxylamine groups is 2. The van der Waals surface area contributed by atoms with Crippen molar-refractivity contribution >= 4 is 51.8 Å². The van der Waals surface area contributed by atoms with Crippen LogP contribution in [0, 0.1) is 38.5 Å². The zero-order valence-corrected chi connectivity index (χ0v) is 28.4. The Morgan fingerprint density at radius 2 is 1.34 bits per heavy atom. The fourth-order valence-corrected chi connectivity index (χ4v) is 6.52. The average Bonchev–Trinajstić information content (AvgIpc) is 3.20. The van der Waals surface area contributed by atoms with Crippen molar-refractivity contribution in [2.75, 3.05) is 0 Å². The number of carbonyl (C=O) groups excluding carboxylic acids is 2. The van der Waals surface area contributed by atoms with Crippen molar-refractivity contribution in [3.8, 4) is 11.5 Å². The molecule has 0 radical (unpaired) electrons. The third kappa shape index (κ3) is 12.9. The van der Waals surface area contributed by atoms with Crippen molar-refractivity contribution < 1.29 is 36.7 Å². The minimum absolute atomic E-state index is 0. The number of rotatable bonds is 14. The van der Waals surface area contributed by atoms with Gasteiger partial charge in [0.25, 0.3) is 11.8 Å². The van der Waals surface area contributed by atoms with E-state index in [2.05, 4.69) is 34.6 Å². The van der Waals surface area contributed by atoms with E-state index in [4.69, 9.17) is 14.1 Å². The Morgan fingerprint density at radius 1 is 0.841 bits per heavy atom. The number of hydrogen-bond acceptors (Lipinski definition) is 7. The molecule has 2 heterocycles. The number of amides is 2. The number of benzene rings is 1. The molecular weight excluding hydrogens is 593 g/mol. The SMILES string of the molecule is Cc1c(C)c2c(c(C)c1OS(=O)(=O)O)CC[C@@](C)(CCC[C@H](C)CCC[C@H](C)CCCC(C)C)O2.O=C1CCC(=O)N1O.[NaH]. The standard InChI is InChI=1S/C29H50O5S.C4H5NO3.Na.H/c1-20(2)12-9-13-21(3)14-10-15-22(4)16-11-18-29(8)19-17-26-25(7)27(34-35(30,31)32)23(5)24(6)28(26)33-29;6-3-1-2-4(7)5(3)8;;/h20-22H,9-19H2,1-8H3,(H,30,31,32);8H,1-2H2;;/t21-,22-,29-;;;/m1.../s1. The summed E-state index contributed by atoms with van der Waals surface area (Å²) in [4.78, 5) is 20.5. The van der Waals surface area contributed by atoms with Gasteiger partial charge in [0.05, 0.1) is 0 Å². The summed E-state index contributed by atoms with van der Waals surface area (Å²) in [7, 11) is -4.57. The van der Waals surface area contributed by atoms with Crippen LogP contribution in [0.15, 0.2) is 0 Å². The molecule has 2 N–H and O–H groups in total. The Bertz CT molecular complexity index is 1200. The molecule has 2 aliphatic heterocycles. The first-order valence-corrected chi connectivity index (χ1v) is 17.3. The van der Waals surface area contributed by atoms with Crippen molar-refractivity contribution in [3.63, 3.8) is 0 Å². The maximum absolute atomic E-state index is 11.3. The third-order valence-corrected chi connectivity index (χ3v) is 9.43. The summed E-state index contributed by atoms with van der Waals surface area (Å²) in [5.74, 6) is 2.47. The van der Waals surface area contributed by atoms with Crippen LogP contribution in [0.3, 0.4) is 0 Å². The first-order valence-electron chi connectivity index (χ1n) is 16.0. The molecule has 11 heteroatoms. The van der Waals surface area contributed by atoms with Crippen LogP contribution in [0.2, 0.25) is 0 Å². The van der Waals surface area contributed by atoms with Gasteiger partial charge in [0.1, 0.15) is 11.4 Å². The second-order valence-electron chi connectivity index (χ2n) is 13.5. The molecule has 2 amide bonds. The molecule has 9 nitrogen and oxygen atoms in total. The van der Waals surface area contributed by atoms with Gasteiger partial charge >= 0.3 is 40.0 Å². The quantitative estimate of drug-likeness (QED) is 0.0937. The van der Waals surface area contributed by atoms with E-state index in [1.165, 1.54) is 44.9 Å². The summed E-state index contributed by atoms with van der Waals surface area (Å²) in [5, 5.41) is 8.57. The summed E-state index contributed by atoms with van der Waals surface area (Å²) in [6, 6.07) is 0. The fourth-order valence-electron chi connectivity index (χ4n) is 6.06. The maximum atomic E-state index is 11.3. The predicted molar refractivity (Wildman–Crippen MR) is 175 cm³/mol. The van der Waals surface area contributed by atoms with Crippen molar-refractivity contribution in [3.05, 3.63) is 22.3 Å². The molecule has 1 aromatic carbocycles. The molecule has 0 bridgehead atoms. The zero-order chi connectivity index (χ0) is 32.5. The molecule has 0 aliphatic carbocycles. The van der Waals surface area contributed by atoms with E-state index < -0.39 is 22.2 Å². The van der Waals surface area contributed by atoms with Gasteiger partial charge < -0.3 is 8.92 Å². The predicted octanol–water partition coefficient (Wildman–Crippen LogP) is 7.19. The molecule has 248 valence electrons. The van der Waals surface area contributed by atoms with Crippen LogP contribution in [0.25, 0.3) is 0 Å². The molecule has 0 spiro atoms. The van der Waals surface area contributed by atoms with Crippen LogP contribution in [0.5, 0.6) is 11.5 Å². The number of hydrogen-bond donors (Lipinski definition) is 2. The monoisotopic (exact) mass is 649 g/mol. The third-order valence-electron chi connectivity index (χ3n) is 9.05. The van der Waals surface area contributed by atoms with Gasteiger partial charge in [-0.1, -0.05) is 72.6 Å². The van der Waals surface area contributed by atoms with Crippen LogP contribution >= 0.6 is 0 Å². The summed E-state index contributed by atoms with van der Waals surface area (Å²) < 4.78 is 43.3. The van der Waals surface area contributed by atoms with E-state index in [1.54, 1.807) is 0 Å². The number of nitrogens with zero attached hydrogens (tertiary/aromatic N) is 1. The van der Waals surface area contributed by atoms with E-state index in [0.29, 0.717) is 5.56 Å². The van der Waals surface area contributed by atoms with Gasteiger partial charge in [-0.05, 0) is 82.3 Å². The summed E-state index contributed by atoms with van der Waals surface area (Å²) in [6.45, 7) is 17.2. The van der Waals surface area contributed by atoms with E-state index in [1.807, 2.05) is 20.8 Å². The number of ether oxygens (including phenoxy) is 1. The zero-order valence-electron chi connectivity index (χ0n) is 27.6. The Kier molecular flexibility index (Phi) is 16.9. The summed E-state index contributed by atoms with van der Waals surface area (Å²) in [5.41, 5.74) is 3.07. The molecule has 0 aromatic heterocycles. The van der Waals surface area contributed by atoms with E-state index in [9.17, 15) is 22.6 Å². The van der Waals surface area contributed by atoms with E-state index in [-0.39, 0.29) is 58.8 Å². The first kappa shape index (κ1) is 40.9. The van der Waals surface area contributed by atoms with E-state index >= 15 is 0 Å². The van der Waals surface area contributed by atoms with Crippen LogP contribution in [0.1, 0.15) is 134 Å². The van der Waals surface area contributed by atoms with Crippen LogP contribution in [-0.4, -0.2) is 70.2 Å². The number of imide groups is 1. The van der Waals surface area contributed by atoms with E-state index in [0.717, 1.165) is 65.9 Å². The normalized spacial score (nSPS) is 19.5. The number of fused-ring (bicyclic) bond motifs is 1. The van der Waals surface area contributed by atoms with Gasteiger partial charge in [0, 0.05) is 24.0 Å². The van der Waals surface area contributed by atoms with Crippen LogP contribution in [-0.2, 0) is 26.4 Å². The van der Waals surface area contributed by atoms with Crippen molar-refractivity contribution in [2.24, 2.45) is 17.8 Å². The van der Waals surface area contributed by atoms with Crippen molar-refractivity contribution in [2.45, 2.75) is 144 Å². The Hall–Kier alpha value is -1.17. The van der Waals surface area contributed by atoms with Gasteiger partial charge in [-0.3, -0.25) is 19.3 Å². The summed E-state index contributed by atoms with van der Waals surface area (Å²) >= 11 is 0. The minimum atomic E-state index is -4.57. The Labute approximate surface area is 288 Å². The second kappa shape index (κ2) is 18.2. The molecule has 3 rings (SSSR count). The topological polar surface area (TPSA) is 130 Å². The van der Waals surface area contributed by atoms with Crippen molar-refractivity contribution in [1.29, 1.82) is 0 Å². The average molecular weight is 650 g/mol. The Morgan fingerprint density at radius 3 is 1.80 bits per heavy atom. The molecule has 0 unspecified atom stereocenters. The van der Waals surface area contributed by atoms with Gasteiger partial charge in [-0.15, -0.1) is 0 Å². The van der Waals surface area contributed by atoms with Crippen LogP contribution < -0.4 is 8.92 Å². The molecule has 2 aliphatic rings. The van der Waals surface area contributed by atoms with Crippen molar-refractivity contribution in [1.82, 2.24) is 5.06 Å². The van der Waals surface area contributed by atoms with Crippen LogP contribution in [0.4, 0.5) is 0 Å². The first-order chi connectivity index (χ1) is 19.9. The second-order valence-corrected chi connectivity index (χ2v) is 14.6. The molecule has 44 heavy (non-hydrogen) atoms. The fraction of sp³-hybridized carbons (Fsp3) is 0.758. The molecular formula is C33H56NNaO8S. The van der Waals surface area contributed by atoms with Gasteiger partial charge in [-0.2, -0.15) is 13.5 Å².